The van der Waals surface area contributed by atoms with Crippen LogP contribution in [0.2, 0.25) is 0 Å². The molecule has 2 heterocycles. The molecule has 0 saturated carbocycles. The van der Waals surface area contributed by atoms with Crippen molar-refractivity contribution in [3.05, 3.63) is 30.3 Å². The van der Waals surface area contributed by atoms with E-state index in [2.05, 4.69) is 10.5 Å². The molecule has 1 N–H and O–H groups in total. The smallest absolute Gasteiger partial charge is 0.186 e. The van der Waals surface area contributed by atoms with Crippen molar-refractivity contribution >= 4 is 23.7 Å². The van der Waals surface area contributed by atoms with Gasteiger partial charge in [0.2, 0.25) is 0 Å². The first-order valence-corrected chi connectivity index (χ1v) is 7.24. The van der Waals surface area contributed by atoms with Gasteiger partial charge in [-0.3, -0.25) is 5.43 Å². The summed E-state index contributed by atoms with van der Waals surface area (Å²) < 4.78 is 11.5. The zero-order valence-electron chi connectivity index (χ0n) is 10.0. The van der Waals surface area contributed by atoms with Crippen molar-refractivity contribution in [3.63, 3.8) is 0 Å². The van der Waals surface area contributed by atoms with Crippen LogP contribution in [0.15, 0.2) is 35.4 Å². The van der Waals surface area contributed by atoms with Crippen molar-refractivity contribution in [2.45, 2.75) is 5.79 Å². The average Bonchev–Trinajstić information content (AvgIpc) is 3.03. The van der Waals surface area contributed by atoms with Crippen LogP contribution in [0.1, 0.15) is 0 Å². The lowest BCUT2D eigenvalue weighted by molar-refractivity contribution is -0.149. The summed E-state index contributed by atoms with van der Waals surface area (Å²) in [7, 11) is 0. The Bertz CT molecular complexity index is 413. The maximum Gasteiger partial charge on any atom is 0.186 e. The van der Waals surface area contributed by atoms with Crippen molar-refractivity contribution < 1.29 is 9.47 Å². The number of rotatable bonds is 3. The number of para-hydroxylation sites is 1. The van der Waals surface area contributed by atoms with E-state index in [1.165, 1.54) is 0 Å². The Labute approximate surface area is 111 Å². The van der Waals surface area contributed by atoms with Gasteiger partial charge in [-0.2, -0.15) is 16.9 Å². The number of ether oxygens (including phenoxy) is 2. The Morgan fingerprint density at radius 1 is 1.28 bits per heavy atom. The molecule has 18 heavy (non-hydrogen) atoms. The lowest BCUT2D eigenvalue weighted by Gasteiger charge is -2.25. The third kappa shape index (κ3) is 2.39. The largest absolute Gasteiger partial charge is 0.346 e. The van der Waals surface area contributed by atoms with Crippen molar-refractivity contribution in [1.82, 2.24) is 0 Å². The molecule has 0 radical (unpaired) electrons. The molecule has 0 amide bonds. The number of benzene rings is 1. The molecule has 2 aliphatic rings. The fourth-order valence-electron chi connectivity index (χ4n) is 2.20. The summed E-state index contributed by atoms with van der Waals surface area (Å²) in [6, 6.07) is 9.91. The number of hydrazone groups is 1. The molecule has 1 spiro atoms. The van der Waals surface area contributed by atoms with Crippen LogP contribution in [-0.4, -0.2) is 36.7 Å². The summed E-state index contributed by atoms with van der Waals surface area (Å²) in [5.74, 6) is 1.70. The van der Waals surface area contributed by atoms with Crippen molar-refractivity contribution in [1.29, 1.82) is 0 Å². The van der Waals surface area contributed by atoms with Crippen molar-refractivity contribution in [2.24, 2.45) is 11.0 Å². The van der Waals surface area contributed by atoms with Gasteiger partial charge in [0.05, 0.1) is 24.8 Å². The van der Waals surface area contributed by atoms with Gasteiger partial charge in [0.25, 0.3) is 0 Å². The molecule has 96 valence electrons. The molecule has 1 atom stereocenters. The van der Waals surface area contributed by atoms with Gasteiger partial charge in [-0.1, -0.05) is 18.2 Å². The standard InChI is InChI=1S/C13H16N2O2S/c1-2-4-12(5-3-1)15-14-8-11-9-18-10-13(11)16-6-7-17-13/h1-5,8,11,15H,6-7,9-10H2/b14-8+. The van der Waals surface area contributed by atoms with Gasteiger partial charge in [-0.05, 0) is 12.1 Å². The van der Waals surface area contributed by atoms with Gasteiger partial charge < -0.3 is 9.47 Å². The zero-order valence-corrected chi connectivity index (χ0v) is 10.9. The van der Waals surface area contributed by atoms with Crippen molar-refractivity contribution in [2.75, 3.05) is 30.1 Å². The van der Waals surface area contributed by atoms with E-state index in [9.17, 15) is 0 Å². The van der Waals surface area contributed by atoms with Crippen LogP contribution in [0.4, 0.5) is 5.69 Å². The SMILES string of the molecule is C(=N\Nc1ccccc1)/C1CSCC12OCCO2. The van der Waals surface area contributed by atoms with Crippen molar-refractivity contribution in [3.8, 4) is 0 Å². The molecule has 1 aromatic rings. The second-order valence-corrected chi connectivity index (χ2v) is 5.42. The fourth-order valence-corrected chi connectivity index (χ4v) is 3.58. The lowest BCUT2D eigenvalue weighted by atomic mass is 10.0. The number of thioether (sulfide) groups is 1. The quantitative estimate of drug-likeness (QED) is 0.671. The maximum absolute atomic E-state index is 5.75. The van der Waals surface area contributed by atoms with Gasteiger partial charge >= 0.3 is 0 Å². The molecule has 4 nitrogen and oxygen atoms in total. The Kier molecular flexibility index (Phi) is 3.54. The number of anilines is 1. The van der Waals surface area contributed by atoms with E-state index >= 15 is 0 Å². The minimum atomic E-state index is -0.424. The third-order valence-corrected chi connectivity index (χ3v) is 4.36. The maximum atomic E-state index is 5.75. The number of nitrogens with one attached hydrogen (secondary N) is 1. The topological polar surface area (TPSA) is 42.9 Å². The minimum Gasteiger partial charge on any atom is -0.346 e. The molecule has 0 aromatic heterocycles. The van der Waals surface area contributed by atoms with E-state index in [1.807, 2.05) is 48.3 Å². The van der Waals surface area contributed by atoms with E-state index in [-0.39, 0.29) is 5.92 Å². The van der Waals surface area contributed by atoms with Crippen LogP contribution in [0.25, 0.3) is 0 Å². The molecule has 0 aliphatic carbocycles. The second kappa shape index (κ2) is 5.30. The summed E-state index contributed by atoms with van der Waals surface area (Å²) in [5, 5.41) is 4.29. The van der Waals surface area contributed by atoms with Gasteiger partial charge in [-0.25, -0.2) is 0 Å². The first kappa shape index (κ1) is 12.0. The minimum absolute atomic E-state index is 0.223. The Balaban J connectivity index is 1.62. The van der Waals surface area contributed by atoms with Gasteiger partial charge in [0.1, 0.15) is 0 Å². The van der Waals surface area contributed by atoms with E-state index < -0.39 is 5.79 Å². The highest BCUT2D eigenvalue weighted by atomic mass is 32.2. The van der Waals surface area contributed by atoms with Crippen LogP contribution in [0, 0.1) is 5.92 Å². The summed E-state index contributed by atoms with van der Waals surface area (Å²) in [5.41, 5.74) is 4.01. The zero-order chi connectivity index (χ0) is 12.3. The summed E-state index contributed by atoms with van der Waals surface area (Å²) in [6.45, 7) is 1.38. The van der Waals surface area contributed by atoms with E-state index in [0.29, 0.717) is 13.2 Å². The van der Waals surface area contributed by atoms with Gasteiger partial charge in [-0.15, -0.1) is 0 Å². The highest BCUT2D eigenvalue weighted by molar-refractivity contribution is 7.99. The predicted octanol–water partition coefficient (Wildman–Crippen LogP) is 2.19. The van der Waals surface area contributed by atoms with Crippen LogP contribution in [0.5, 0.6) is 0 Å². The molecule has 1 unspecified atom stereocenters. The molecular formula is C13H16N2O2S. The molecule has 2 fully saturated rings. The number of hydrogen-bond donors (Lipinski definition) is 1. The third-order valence-electron chi connectivity index (χ3n) is 3.16. The fraction of sp³-hybridized carbons (Fsp3) is 0.462. The molecule has 3 rings (SSSR count). The monoisotopic (exact) mass is 264 g/mol. The molecule has 0 bridgehead atoms. The molecule has 1 aromatic carbocycles. The van der Waals surface area contributed by atoms with E-state index in [1.54, 1.807) is 0 Å². The number of nitrogens with zero attached hydrogens (tertiary/aromatic N) is 1. The molecule has 5 heteroatoms. The lowest BCUT2D eigenvalue weighted by Crippen LogP contribution is -2.39. The summed E-state index contributed by atoms with van der Waals surface area (Å²) >= 11 is 1.86. The first-order chi connectivity index (χ1) is 8.89. The van der Waals surface area contributed by atoms with Gasteiger partial charge in [0.15, 0.2) is 5.79 Å². The van der Waals surface area contributed by atoms with Crippen LogP contribution >= 0.6 is 11.8 Å². The normalized spacial score (nSPS) is 26.1. The Morgan fingerprint density at radius 3 is 2.83 bits per heavy atom. The highest BCUT2D eigenvalue weighted by Crippen LogP contribution is 2.39. The van der Waals surface area contributed by atoms with Crippen LogP contribution < -0.4 is 5.43 Å². The molecular weight excluding hydrogens is 248 g/mol. The van der Waals surface area contributed by atoms with Crippen LogP contribution in [0.3, 0.4) is 0 Å². The average molecular weight is 264 g/mol. The van der Waals surface area contributed by atoms with Crippen LogP contribution in [-0.2, 0) is 9.47 Å². The van der Waals surface area contributed by atoms with E-state index in [4.69, 9.17) is 9.47 Å². The first-order valence-electron chi connectivity index (χ1n) is 6.09. The second-order valence-electron chi connectivity index (χ2n) is 4.39. The molecule has 2 saturated heterocycles. The van der Waals surface area contributed by atoms with Gasteiger partial charge in [0, 0.05) is 17.7 Å². The Morgan fingerprint density at radius 2 is 2.06 bits per heavy atom. The molecule has 2 aliphatic heterocycles. The summed E-state index contributed by atoms with van der Waals surface area (Å²) in [6.07, 6.45) is 1.92. The Hall–Kier alpha value is -1.04. The number of hydrogen-bond acceptors (Lipinski definition) is 5. The van der Waals surface area contributed by atoms with E-state index in [0.717, 1.165) is 17.2 Å². The summed E-state index contributed by atoms with van der Waals surface area (Å²) in [4.78, 5) is 0. The highest BCUT2D eigenvalue weighted by Gasteiger charge is 2.47. The predicted molar refractivity (Wildman–Crippen MR) is 74.0 cm³/mol.